The molecule has 4 aromatic carbocycles. The second kappa shape index (κ2) is 11.0. The lowest BCUT2D eigenvalue weighted by Gasteiger charge is -2.32. The van der Waals surface area contributed by atoms with Crippen LogP contribution in [0.3, 0.4) is 0 Å². The molecule has 1 aromatic heterocycles. The van der Waals surface area contributed by atoms with Crippen LogP contribution in [0.1, 0.15) is 33.5 Å². The minimum atomic E-state index is -0.491. The molecule has 0 radical (unpaired) electrons. The molecule has 1 aliphatic rings. The van der Waals surface area contributed by atoms with Crippen LogP contribution in [0.2, 0.25) is 0 Å². The summed E-state index contributed by atoms with van der Waals surface area (Å²) in [6, 6.07) is 34.1. The van der Waals surface area contributed by atoms with Crippen LogP contribution in [0, 0.1) is 0 Å². The van der Waals surface area contributed by atoms with Gasteiger partial charge < -0.3 is 5.73 Å². The second-order valence-electron chi connectivity index (χ2n) is 10.1. The lowest BCUT2D eigenvalue weighted by molar-refractivity contribution is 0.104. The number of ketones is 1. The monoisotopic (exact) mass is 519 g/mol. The van der Waals surface area contributed by atoms with Gasteiger partial charge in [-0.05, 0) is 46.9 Å². The normalized spacial score (nSPS) is 16.8. The van der Waals surface area contributed by atoms with E-state index in [1.807, 2.05) is 66.9 Å². The fourth-order valence-electron chi connectivity index (χ4n) is 5.20. The van der Waals surface area contributed by atoms with Gasteiger partial charge in [0.25, 0.3) is 0 Å². The molecule has 0 amide bonds. The van der Waals surface area contributed by atoms with Crippen molar-refractivity contribution in [2.75, 3.05) is 0 Å². The number of rotatable bonds is 7. The first-order valence-electron chi connectivity index (χ1n) is 13.4. The Balaban J connectivity index is 1.36. The predicted molar refractivity (Wildman–Crippen MR) is 163 cm³/mol. The fraction of sp³-hybridized carbons (Fsp3) is 0.0833. The molecule has 0 aliphatic heterocycles. The van der Waals surface area contributed by atoms with Gasteiger partial charge in [0.05, 0.1) is 22.9 Å². The number of aromatic nitrogens is 2. The van der Waals surface area contributed by atoms with E-state index in [4.69, 9.17) is 10.7 Å². The third-order valence-electron chi connectivity index (χ3n) is 7.49. The van der Waals surface area contributed by atoms with E-state index in [9.17, 15) is 4.79 Å². The average molecular weight is 520 g/mol. The fourth-order valence-corrected chi connectivity index (χ4v) is 5.20. The van der Waals surface area contributed by atoms with Crippen LogP contribution in [0.15, 0.2) is 140 Å². The first kappa shape index (κ1) is 25.4. The molecule has 0 bridgehead atoms. The molecule has 0 fully saturated rings. The van der Waals surface area contributed by atoms with Crippen molar-refractivity contribution in [2.45, 2.75) is 18.4 Å². The van der Waals surface area contributed by atoms with Gasteiger partial charge in [-0.25, -0.2) is 4.98 Å². The molecule has 2 N–H and O–H groups in total. The molecule has 5 aromatic rings. The van der Waals surface area contributed by atoms with Crippen molar-refractivity contribution in [3.05, 3.63) is 162 Å². The number of hydrogen-bond donors (Lipinski definition) is 1. The Labute approximate surface area is 234 Å². The molecule has 194 valence electrons. The summed E-state index contributed by atoms with van der Waals surface area (Å²) < 4.78 is 0. The number of carbonyl (C=O) groups is 1. The Morgan fingerprint density at radius 2 is 1.52 bits per heavy atom. The smallest absolute Gasteiger partial charge is 0.185 e. The summed E-state index contributed by atoms with van der Waals surface area (Å²) in [4.78, 5) is 22.5. The van der Waals surface area contributed by atoms with Crippen LogP contribution in [0.4, 0.5) is 0 Å². The summed E-state index contributed by atoms with van der Waals surface area (Å²) in [7, 11) is 0. The molecule has 1 aliphatic carbocycles. The lowest BCUT2D eigenvalue weighted by atomic mass is 9.71. The van der Waals surface area contributed by atoms with Crippen LogP contribution in [-0.4, -0.2) is 15.8 Å². The van der Waals surface area contributed by atoms with E-state index in [-0.39, 0.29) is 5.78 Å². The highest BCUT2D eigenvalue weighted by atomic mass is 16.1. The van der Waals surface area contributed by atoms with E-state index in [1.165, 1.54) is 5.57 Å². The van der Waals surface area contributed by atoms with E-state index in [2.05, 4.69) is 71.7 Å². The maximum absolute atomic E-state index is 13.1. The highest BCUT2D eigenvalue weighted by molar-refractivity contribution is 6.04. The van der Waals surface area contributed by atoms with E-state index in [1.54, 1.807) is 6.08 Å². The molecular weight excluding hydrogens is 490 g/mol. The number of para-hydroxylation sites is 2. The summed E-state index contributed by atoms with van der Waals surface area (Å²) in [5.41, 5.74) is 14.1. The van der Waals surface area contributed by atoms with Crippen molar-refractivity contribution in [1.82, 2.24) is 9.97 Å². The van der Waals surface area contributed by atoms with E-state index >= 15 is 0 Å². The second-order valence-corrected chi connectivity index (χ2v) is 10.1. The quantitative estimate of drug-likeness (QED) is 0.179. The van der Waals surface area contributed by atoms with Crippen LogP contribution in [0.25, 0.3) is 27.9 Å². The first-order chi connectivity index (χ1) is 19.6. The van der Waals surface area contributed by atoms with Crippen molar-refractivity contribution in [3.8, 4) is 11.3 Å². The Bertz CT molecular complexity index is 1750. The molecule has 4 heteroatoms. The van der Waals surface area contributed by atoms with E-state index < -0.39 is 5.41 Å². The van der Waals surface area contributed by atoms with Crippen LogP contribution in [-0.2, 0) is 12.0 Å². The van der Waals surface area contributed by atoms with Crippen molar-refractivity contribution in [3.63, 3.8) is 0 Å². The molecule has 1 heterocycles. The molecule has 1 unspecified atom stereocenters. The maximum atomic E-state index is 13.1. The largest absolute Gasteiger partial charge is 0.326 e. The third kappa shape index (κ3) is 5.18. The standard InChI is InChI=1S/C36H29N3O/c37-24-26-12-14-27(15-13-26)30-9-6-21-36(23-30,22-20-35(40)29-7-2-1-3-8-29)31-18-16-28(17-19-31)34-25-38-32-10-4-5-11-33(32)39-34/h1-22,25H,23-24,37H2. The van der Waals surface area contributed by atoms with E-state index in [0.717, 1.165) is 45.4 Å². The molecule has 1 atom stereocenters. The number of allylic oxidation sites excluding steroid dienone is 6. The molecular formula is C36H29N3O. The van der Waals surface area contributed by atoms with Gasteiger partial charge in [0, 0.05) is 23.1 Å². The molecule has 40 heavy (non-hydrogen) atoms. The Hall–Kier alpha value is -4.93. The number of fused-ring (bicyclic) bond motifs is 1. The Morgan fingerprint density at radius 1 is 0.825 bits per heavy atom. The minimum Gasteiger partial charge on any atom is -0.326 e. The summed E-state index contributed by atoms with van der Waals surface area (Å²) in [6.45, 7) is 0.515. The van der Waals surface area contributed by atoms with Gasteiger partial charge in [-0.2, -0.15) is 0 Å². The highest BCUT2D eigenvalue weighted by Gasteiger charge is 2.30. The van der Waals surface area contributed by atoms with Gasteiger partial charge in [-0.15, -0.1) is 0 Å². The van der Waals surface area contributed by atoms with Gasteiger partial charge in [0.1, 0.15) is 0 Å². The van der Waals surface area contributed by atoms with Crippen LogP contribution < -0.4 is 5.73 Å². The number of hydrogen-bond acceptors (Lipinski definition) is 4. The zero-order valence-corrected chi connectivity index (χ0v) is 22.1. The summed E-state index contributed by atoms with van der Waals surface area (Å²) in [5, 5.41) is 0. The molecule has 0 spiro atoms. The van der Waals surface area contributed by atoms with Crippen LogP contribution in [0.5, 0.6) is 0 Å². The number of nitrogens with zero attached hydrogens (tertiary/aromatic N) is 2. The molecule has 6 rings (SSSR count). The van der Waals surface area contributed by atoms with E-state index in [0.29, 0.717) is 12.1 Å². The van der Waals surface area contributed by atoms with Gasteiger partial charge in [-0.1, -0.05) is 115 Å². The van der Waals surface area contributed by atoms with Crippen molar-refractivity contribution in [1.29, 1.82) is 0 Å². The number of nitrogens with two attached hydrogens (primary N) is 1. The lowest BCUT2D eigenvalue weighted by Crippen LogP contribution is -2.23. The maximum Gasteiger partial charge on any atom is 0.185 e. The van der Waals surface area contributed by atoms with Gasteiger partial charge >= 0.3 is 0 Å². The minimum absolute atomic E-state index is 0.0140. The Morgan fingerprint density at radius 3 is 2.27 bits per heavy atom. The highest BCUT2D eigenvalue weighted by Crippen LogP contribution is 2.41. The summed E-state index contributed by atoms with van der Waals surface area (Å²) >= 11 is 0. The zero-order chi connectivity index (χ0) is 27.4. The first-order valence-corrected chi connectivity index (χ1v) is 13.4. The molecule has 0 saturated heterocycles. The van der Waals surface area contributed by atoms with Crippen molar-refractivity contribution < 1.29 is 4.79 Å². The third-order valence-corrected chi connectivity index (χ3v) is 7.49. The Kier molecular flexibility index (Phi) is 7.00. The van der Waals surface area contributed by atoms with Gasteiger partial charge in [-0.3, -0.25) is 9.78 Å². The summed E-state index contributed by atoms with van der Waals surface area (Å²) in [6.07, 6.45) is 12.7. The zero-order valence-electron chi connectivity index (χ0n) is 22.1. The van der Waals surface area contributed by atoms with Gasteiger partial charge in [0.15, 0.2) is 5.78 Å². The van der Waals surface area contributed by atoms with Crippen molar-refractivity contribution in [2.24, 2.45) is 5.73 Å². The van der Waals surface area contributed by atoms with Crippen LogP contribution >= 0.6 is 0 Å². The average Bonchev–Trinajstić information content (AvgIpc) is 3.04. The SMILES string of the molecule is NCc1ccc(C2=CC=CC(C=CC(=O)c3ccccc3)(c3ccc(-c4cnc5ccccc5n4)cc3)C2)cc1. The number of carbonyl (C=O) groups excluding carboxylic acids is 1. The van der Waals surface area contributed by atoms with Gasteiger partial charge in [0.2, 0.25) is 0 Å². The topological polar surface area (TPSA) is 68.9 Å². The molecule has 0 saturated carbocycles. The number of benzene rings is 4. The summed E-state index contributed by atoms with van der Waals surface area (Å²) in [5.74, 6) is -0.0140. The van der Waals surface area contributed by atoms with Crippen molar-refractivity contribution >= 4 is 22.4 Å². The predicted octanol–water partition coefficient (Wildman–Crippen LogP) is 7.48. The molecule has 4 nitrogen and oxygen atoms in total.